The predicted octanol–water partition coefficient (Wildman–Crippen LogP) is 2.75. The molecule has 6 nitrogen and oxygen atoms in total. The van der Waals surface area contributed by atoms with Crippen LogP contribution in [0.2, 0.25) is 0 Å². The summed E-state index contributed by atoms with van der Waals surface area (Å²) in [5.41, 5.74) is 3.84. The number of hydrazone groups is 1. The molecular weight excluding hydrogens is 246 g/mol. The van der Waals surface area contributed by atoms with E-state index in [1.807, 2.05) is 30.3 Å². The van der Waals surface area contributed by atoms with Crippen molar-refractivity contribution in [1.82, 2.24) is 0 Å². The summed E-state index contributed by atoms with van der Waals surface area (Å²) in [6, 6.07) is 13.1. The number of nitrogens with zero attached hydrogens (tertiary/aromatic N) is 2. The summed E-state index contributed by atoms with van der Waals surface area (Å²) in [6.45, 7) is 0. The molecular formula is C13H11N3O3. The Balaban J connectivity index is 2.12. The van der Waals surface area contributed by atoms with Crippen LogP contribution in [0.1, 0.15) is 5.56 Å². The Labute approximate surface area is 109 Å². The molecule has 6 heteroatoms. The second-order valence-corrected chi connectivity index (χ2v) is 3.78. The normalized spacial score (nSPS) is 10.5. The van der Waals surface area contributed by atoms with E-state index in [1.165, 1.54) is 18.3 Å². The highest BCUT2D eigenvalue weighted by Gasteiger charge is 2.07. The van der Waals surface area contributed by atoms with Crippen LogP contribution in [0.15, 0.2) is 53.6 Å². The molecule has 96 valence electrons. The topological polar surface area (TPSA) is 87.8 Å². The van der Waals surface area contributed by atoms with Gasteiger partial charge >= 0.3 is 0 Å². The number of phenolic OH excluding ortho intramolecular Hbond substituents is 1. The molecule has 2 aromatic carbocycles. The van der Waals surface area contributed by atoms with Crippen LogP contribution in [0.25, 0.3) is 0 Å². The van der Waals surface area contributed by atoms with Crippen LogP contribution in [0.4, 0.5) is 11.4 Å². The molecule has 0 atom stereocenters. The minimum atomic E-state index is -0.568. The number of nitro groups is 1. The molecule has 0 saturated carbocycles. The number of para-hydroxylation sites is 1. The number of anilines is 1. The second-order valence-electron chi connectivity index (χ2n) is 3.78. The van der Waals surface area contributed by atoms with Crippen LogP contribution in [0.5, 0.6) is 5.75 Å². The monoisotopic (exact) mass is 257 g/mol. The van der Waals surface area contributed by atoms with Crippen molar-refractivity contribution >= 4 is 17.6 Å². The standard InChI is InChI=1S/C13H11N3O3/c17-13-7-10(6-12(8-13)16(18)19)9-14-15-11-4-2-1-3-5-11/h1-9,15,17H. The molecule has 2 N–H and O–H groups in total. The Morgan fingerprint density at radius 2 is 1.95 bits per heavy atom. The molecule has 0 spiro atoms. The summed E-state index contributed by atoms with van der Waals surface area (Å²) < 4.78 is 0. The van der Waals surface area contributed by atoms with E-state index >= 15 is 0 Å². The van der Waals surface area contributed by atoms with E-state index in [2.05, 4.69) is 10.5 Å². The average Bonchev–Trinajstić information content (AvgIpc) is 2.39. The van der Waals surface area contributed by atoms with Gasteiger partial charge in [-0.3, -0.25) is 15.5 Å². The van der Waals surface area contributed by atoms with E-state index in [4.69, 9.17) is 0 Å². The van der Waals surface area contributed by atoms with Gasteiger partial charge in [0.25, 0.3) is 5.69 Å². The number of benzene rings is 2. The lowest BCUT2D eigenvalue weighted by atomic mass is 10.2. The van der Waals surface area contributed by atoms with Crippen molar-refractivity contribution in [2.24, 2.45) is 5.10 Å². The van der Waals surface area contributed by atoms with E-state index < -0.39 is 4.92 Å². The van der Waals surface area contributed by atoms with Crippen molar-refractivity contribution in [1.29, 1.82) is 0 Å². The van der Waals surface area contributed by atoms with Crippen molar-refractivity contribution < 1.29 is 10.0 Å². The van der Waals surface area contributed by atoms with Gasteiger partial charge in [0.2, 0.25) is 0 Å². The number of rotatable bonds is 4. The van der Waals surface area contributed by atoms with Gasteiger partial charge in [0.05, 0.1) is 22.9 Å². The molecule has 0 aliphatic heterocycles. The van der Waals surface area contributed by atoms with Gasteiger partial charge < -0.3 is 5.11 Å². The number of nitro benzene ring substituents is 1. The third-order valence-corrected chi connectivity index (χ3v) is 2.32. The number of phenols is 1. The SMILES string of the molecule is O=[N+]([O-])c1cc(O)cc(C=NNc2ccccc2)c1. The van der Waals surface area contributed by atoms with Crippen molar-refractivity contribution in [3.05, 3.63) is 64.2 Å². The smallest absolute Gasteiger partial charge is 0.273 e. The van der Waals surface area contributed by atoms with Gasteiger partial charge in [0.15, 0.2) is 0 Å². The molecule has 0 bridgehead atoms. The molecule has 0 aliphatic rings. The first kappa shape index (κ1) is 12.6. The van der Waals surface area contributed by atoms with Crippen LogP contribution in [0, 0.1) is 10.1 Å². The summed E-state index contributed by atoms with van der Waals surface area (Å²) in [6.07, 6.45) is 1.40. The fourth-order valence-electron chi connectivity index (χ4n) is 1.49. The Bertz CT molecular complexity index is 612. The van der Waals surface area contributed by atoms with Crippen molar-refractivity contribution in [2.75, 3.05) is 5.43 Å². The molecule has 0 radical (unpaired) electrons. The highest BCUT2D eigenvalue weighted by atomic mass is 16.6. The van der Waals surface area contributed by atoms with Crippen molar-refractivity contribution in [2.45, 2.75) is 0 Å². The Hall–Kier alpha value is -2.89. The molecule has 0 aromatic heterocycles. The van der Waals surface area contributed by atoms with E-state index in [1.54, 1.807) is 0 Å². The molecule has 0 heterocycles. The third kappa shape index (κ3) is 3.53. The third-order valence-electron chi connectivity index (χ3n) is 2.32. The average molecular weight is 257 g/mol. The molecule has 0 fully saturated rings. The maximum atomic E-state index is 10.6. The maximum absolute atomic E-state index is 10.6. The number of non-ortho nitro benzene ring substituents is 1. The molecule has 2 aromatic rings. The van der Waals surface area contributed by atoms with Crippen LogP contribution in [-0.2, 0) is 0 Å². The van der Waals surface area contributed by atoms with Crippen LogP contribution in [-0.4, -0.2) is 16.2 Å². The summed E-state index contributed by atoms with van der Waals surface area (Å²) in [5.74, 6) is -0.171. The highest BCUT2D eigenvalue weighted by Crippen LogP contribution is 2.20. The minimum absolute atomic E-state index is 0.171. The highest BCUT2D eigenvalue weighted by molar-refractivity contribution is 5.82. The first-order valence-electron chi connectivity index (χ1n) is 5.48. The molecule has 0 amide bonds. The molecule has 0 saturated heterocycles. The summed E-state index contributed by atoms with van der Waals surface area (Å²) in [5, 5.41) is 24.0. The first-order chi connectivity index (χ1) is 9.15. The van der Waals surface area contributed by atoms with Crippen molar-refractivity contribution in [3.8, 4) is 5.75 Å². The number of aromatic hydroxyl groups is 1. The van der Waals surface area contributed by atoms with Crippen LogP contribution < -0.4 is 5.43 Å². The summed E-state index contributed by atoms with van der Waals surface area (Å²) in [4.78, 5) is 10.1. The number of nitrogens with one attached hydrogen (secondary N) is 1. The maximum Gasteiger partial charge on any atom is 0.273 e. The first-order valence-corrected chi connectivity index (χ1v) is 5.48. The largest absolute Gasteiger partial charge is 0.508 e. The van der Waals surface area contributed by atoms with Gasteiger partial charge in [-0.25, -0.2) is 0 Å². The number of hydrogen-bond donors (Lipinski definition) is 2. The predicted molar refractivity (Wildman–Crippen MR) is 72.4 cm³/mol. The number of hydrogen-bond acceptors (Lipinski definition) is 5. The second kappa shape index (κ2) is 5.63. The van der Waals surface area contributed by atoms with E-state index in [9.17, 15) is 15.2 Å². The zero-order valence-electron chi connectivity index (χ0n) is 9.85. The van der Waals surface area contributed by atoms with E-state index in [0.717, 1.165) is 11.8 Å². The quantitative estimate of drug-likeness (QED) is 0.500. The Morgan fingerprint density at radius 1 is 1.21 bits per heavy atom. The minimum Gasteiger partial charge on any atom is -0.508 e. The lowest BCUT2D eigenvalue weighted by molar-refractivity contribution is -0.384. The van der Waals surface area contributed by atoms with Gasteiger partial charge in [-0.15, -0.1) is 0 Å². The Kier molecular flexibility index (Phi) is 3.72. The van der Waals surface area contributed by atoms with Crippen LogP contribution >= 0.6 is 0 Å². The van der Waals surface area contributed by atoms with Gasteiger partial charge in [0, 0.05) is 11.6 Å². The lowest BCUT2D eigenvalue weighted by Gasteiger charge is -1.99. The van der Waals surface area contributed by atoms with Crippen LogP contribution in [0.3, 0.4) is 0 Å². The van der Waals surface area contributed by atoms with Gasteiger partial charge in [-0.05, 0) is 18.2 Å². The zero-order valence-corrected chi connectivity index (χ0v) is 9.85. The summed E-state index contributed by atoms with van der Waals surface area (Å²) >= 11 is 0. The van der Waals surface area contributed by atoms with Crippen molar-refractivity contribution in [3.63, 3.8) is 0 Å². The van der Waals surface area contributed by atoms with E-state index in [0.29, 0.717) is 5.56 Å². The molecule has 2 rings (SSSR count). The molecule has 0 aliphatic carbocycles. The van der Waals surface area contributed by atoms with Gasteiger partial charge in [-0.2, -0.15) is 5.10 Å². The van der Waals surface area contributed by atoms with E-state index in [-0.39, 0.29) is 11.4 Å². The fraction of sp³-hybridized carbons (Fsp3) is 0. The molecule has 19 heavy (non-hydrogen) atoms. The van der Waals surface area contributed by atoms with Gasteiger partial charge in [0.1, 0.15) is 5.75 Å². The fourth-order valence-corrected chi connectivity index (χ4v) is 1.49. The lowest BCUT2D eigenvalue weighted by Crippen LogP contribution is -1.92. The van der Waals surface area contributed by atoms with Gasteiger partial charge in [-0.1, -0.05) is 18.2 Å². The summed E-state index contributed by atoms with van der Waals surface area (Å²) in [7, 11) is 0. The Morgan fingerprint density at radius 3 is 2.63 bits per heavy atom. The zero-order chi connectivity index (χ0) is 13.7. The molecule has 0 unspecified atom stereocenters.